The van der Waals surface area contributed by atoms with Gasteiger partial charge in [-0.15, -0.1) is 0 Å². The lowest BCUT2D eigenvalue weighted by Gasteiger charge is -2.46. The summed E-state index contributed by atoms with van der Waals surface area (Å²) >= 11 is 0. The Morgan fingerprint density at radius 2 is 2.00 bits per heavy atom. The van der Waals surface area contributed by atoms with E-state index in [0.29, 0.717) is 6.04 Å². The summed E-state index contributed by atoms with van der Waals surface area (Å²) in [7, 11) is 1.76. The van der Waals surface area contributed by atoms with Crippen LogP contribution in [0.4, 0.5) is 0 Å². The van der Waals surface area contributed by atoms with E-state index in [4.69, 9.17) is 4.74 Å². The van der Waals surface area contributed by atoms with E-state index in [-0.39, 0.29) is 0 Å². The second-order valence-corrected chi connectivity index (χ2v) is 6.99. The zero-order valence-electron chi connectivity index (χ0n) is 13.0. The fourth-order valence-electron chi connectivity index (χ4n) is 4.46. The maximum atomic E-state index is 5.38. The minimum absolute atomic E-state index is 0.648. The third-order valence-electron chi connectivity index (χ3n) is 5.75. The van der Waals surface area contributed by atoms with Gasteiger partial charge >= 0.3 is 0 Å². The van der Waals surface area contributed by atoms with Crippen LogP contribution in [-0.4, -0.2) is 43.7 Å². The van der Waals surface area contributed by atoms with Crippen LogP contribution >= 0.6 is 0 Å². The van der Waals surface area contributed by atoms with Gasteiger partial charge in [-0.05, 0) is 74.4 Å². The molecule has 1 N–H and O–H groups in total. The van der Waals surface area contributed by atoms with Gasteiger partial charge in [-0.3, -0.25) is 0 Å². The molecule has 2 bridgehead atoms. The number of aryl methyl sites for hydroxylation is 1. The van der Waals surface area contributed by atoms with Gasteiger partial charge in [-0.25, -0.2) is 0 Å². The SMILES string of the molecule is COc1ccc2c(c1)CC(NC1CN3CCC1CC3)CC2. The van der Waals surface area contributed by atoms with Gasteiger partial charge in [-0.1, -0.05) is 6.07 Å². The first-order chi connectivity index (χ1) is 10.3. The third kappa shape index (κ3) is 2.69. The van der Waals surface area contributed by atoms with Crippen LogP contribution in [0.1, 0.15) is 30.4 Å². The molecule has 0 spiro atoms. The Morgan fingerprint density at radius 3 is 2.71 bits per heavy atom. The highest BCUT2D eigenvalue weighted by molar-refractivity contribution is 5.37. The Hall–Kier alpha value is -1.06. The Morgan fingerprint density at radius 1 is 1.14 bits per heavy atom. The second kappa shape index (κ2) is 5.62. The van der Waals surface area contributed by atoms with Crippen molar-refractivity contribution < 1.29 is 4.74 Å². The van der Waals surface area contributed by atoms with Gasteiger partial charge in [-0.2, -0.15) is 0 Å². The molecule has 1 aliphatic carbocycles. The summed E-state index contributed by atoms with van der Waals surface area (Å²) in [5.74, 6) is 1.92. The molecule has 2 atom stereocenters. The van der Waals surface area contributed by atoms with Crippen LogP contribution in [-0.2, 0) is 12.8 Å². The monoisotopic (exact) mass is 286 g/mol. The molecule has 3 saturated heterocycles. The van der Waals surface area contributed by atoms with Gasteiger partial charge in [0.25, 0.3) is 0 Å². The molecule has 1 aromatic carbocycles. The number of piperidine rings is 3. The predicted octanol–water partition coefficient (Wildman–Crippen LogP) is 2.24. The third-order valence-corrected chi connectivity index (χ3v) is 5.75. The molecule has 3 nitrogen and oxygen atoms in total. The van der Waals surface area contributed by atoms with E-state index in [9.17, 15) is 0 Å². The molecule has 1 aromatic rings. The highest BCUT2D eigenvalue weighted by Crippen LogP contribution is 2.30. The molecular weight excluding hydrogens is 260 g/mol. The molecule has 3 heterocycles. The summed E-state index contributed by atoms with van der Waals surface area (Å²) in [5.41, 5.74) is 3.00. The van der Waals surface area contributed by atoms with Crippen LogP contribution in [0.3, 0.4) is 0 Å². The zero-order chi connectivity index (χ0) is 14.2. The quantitative estimate of drug-likeness (QED) is 0.922. The number of nitrogens with one attached hydrogen (secondary N) is 1. The summed E-state index contributed by atoms with van der Waals surface area (Å²) in [6, 6.07) is 7.96. The molecular formula is C18H26N2O. The Balaban J connectivity index is 1.43. The number of hydrogen-bond donors (Lipinski definition) is 1. The average Bonchev–Trinajstić information content (AvgIpc) is 2.55. The highest BCUT2D eigenvalue weighted by Gasteiger charge is 2.35. The molecule has 3 aliphatic heterocycles. The van der Waals surface area contributed by atoms with Crippen LogP contribution in [0.2, 0.25) is 0 Å². The first kappa shape index (κ1) is 13.6. The smallest absolute Gasteiger partial charge is 0.119 e. The fourth-order valence-corrected chi connectivity index (χ4v) is 4.46. The van der Waals surface area contributed by atoms with Crippen molar-refractivity contribution in [2.45, 2.75) is 44.2 Å². The van der Waals surface area contributed by atoms with E-state index in [1.165, 1.54) is 56.4 Å². The Kier molecular flexibility index (Phi) is 3.64. The van der Waals surface area contributed by atoms with Crippen LogP contribution in [0, 0.1) is 5.92 Å². The maximum Gasteiger partial charge on any atom is 0.119 e. The second-order valence-electron chi connectivity index (χ2n) is 6.99. The lowest BCUT2D eigenvalue weighted by atomic mass is 9.82. The standard InChI is InChI=1S/C18H26N2O/c1-21-17-5-3-13-2-4-16(10-15(13)11-17)19-18-12-20-8-6-14(18)7-9-20/h3,5,11,14,16,18-19H,2,4,6-10,12H2,1H3. The van der Waals surface area contributed by atoms with Crippen LogP contribution in [0.15, 0.2) is 18.2 Å². The van der Waals surface area contributed by atoms with E-state index in [2.05, 4.69) is 28.4 Å². The van der Waals surface area contributed by atoms with Crippen molar-refractivity contribution >= 4 is 0 Å². The van der Waals surface area contributed by atoms with Gasteiger partial charge in [0, 0.05) is 18.6 Å². The van der Waals surface area contributed by atoms with Crippen LogP contribution in [0.25, 0.3) is 0 Å². The minimum atomic E-state index is 0.648. The van der Waals surface area contributed by atoms with Gasteiger partial charge in [0.1, 0.15) is 5.75 Å². The fraction of sp³-hybridized carbons (Fsp3) is 0.667. The molecule has 0 aromatic heterocycles. The number of hydrogen-bond acceptors (Lipinski definition) is 3. The molecule has 5 rings (SSSR count). The largest absolute Gasteiger partial charge is 0.497 e. The van der Waals surface area contributed by atoms with Crippen LogP contribution < -0.4 is 10.1 Å². The molecule has 21 heavy (non-hydrogen) atoms. The molecule has 3 heteroatoms. The maximum absolute atomic E-state index is 5.38. The highest BCUT2D eigenvalue weighted by atomic mass is 16.5. The first-order valence-electron chi connectivity index (χ1n) is 8.46. The van der Waals surface area contributed by atoms with Gasteiger partial charge in [0.05, 0.1) is 7.11 Å². The van der Waals surface area contributed by atoms with Crippen molar-refractivity contribution in [1.82, 2.24) is 10.2 Å². The van der Waals surface area contributed by atoms with Gasteiger partial charge in [0.2, 0.25) is 0 Å². The van der Waals surface area contributed by atoms with Crippen molar-refractivity contribution in [1.29, 1.82) is 0 Å². The van der Waals surface area contributed by atoms with E-state index >= 15 is 0 Å². The lowest BCUT2D eigenvalue weighted by molar-refractivity contribution is 0.0660. The number of fused-ring (bicyclic) bond motifs is 4. The van der Waals surface area contributed by atoms with Crippen molar-refractivity contribution in [2.75, 3.05) is 26.7 Å². The summed E-state index contributed by atoms with van der Waals surface area (Å²) in [5, 5.41) is 3.99. The molecule has 114 valence electrons. The van der Waals surface area contributed by atoms with Crippen LogP contribution in [0.5, 0.6) is 5.75 Å². The van der Waals surface area contributed by atoms with E-state index in [1.54, 1.807) is 7.11 Å². The van der Waals surface area contributed by atoms with E-state index in [0.717, 1.165) is 24.1 Å². The first-order valence-corrected chi connectivity index (χ1v) is 8.46. The molecule has 0 radical (unpaired) electrons. The number of benzene rings is 1. The van der Waals surface area contributed by atoms with Crippen molar-refractivity contribution in [3.8, 4) is 5.75 Å². The lowest BCUT2D eigenvalue weighted by Crippen LogP contribution is -2.58. The zero-order valence-corrected chi connectivity index (χ0v) is 13.0. The number of ether oxygens (including phenoxy) is 1. The summed E-state index contributed by atoms with van der Waals surface area (Å²) in [6.07, 6.45) is 6.44. The number of rotatable bonds is 3. The van der Waals surface area contributed by atoms with Crippen molar-refractivity contribution in [3.63, 3.8) is 0 Å². The Labute approximate surface area is 127 Å². The molecule has 3 fully saturated rings. The summed E-state index contributed by atoms with van der Waals surface area (Å²) < 4.78 is 5.38. The normalized spacial score (nSPS) is 34.5. The minimum Gasteiger partial charge on any atom is -0.497 e. The summed E-state index contributed by atoms with van der Waals surface area (Å²) in [6.45, 7) is 3.92. The van der Waals surface area contributed by atoms with Crippen molar-refractivity contribution in [3.05, 3.63) is 29.3 Å². The van der Waals surface area contributed by atoms with Crippen molar-refractivity contribution in [2.24, 2.45) is 5.92 Å². The summed E-state index contributed by atoms with van der Waals surface area (Å²) in [4.78, 5) is 2.64. The number of methoxy groups -OCH3 is 1. The number of nitrogens with zero attached hydrogens (tertiary/aromatic N) is 1. The van der Waals surface area contributed by atoms with Gasteiger partial charge in [0.15, 0.2) is 0 Å². The predicted molar refractivity (Wildman–Crippen MR) is 84.9 cm³/mol. The molecule has 0 amide bonds. The Bertz CT molecular complexity index is 508. The molecule has 4 aliphatic rings. The van der Waals surface area contributed by atoms with E-state index < -0.39 is 0 Å². The topological polar surface area (TPSA) is 24.5 Å². The van der Waals surface area contributed by atoms with E-state index in [1.807, 2.05) is 0 Å². The molecule has 0 saturated carbocycles. The van der Waals surface area contributed by atoms with Gasteiger partial charge < -0.3 is 15.0 Å². The average molecular weight is 286 g/mol. The molecule has 2 unspecified atom stereocenters.